The normalized spacial score (nSPS) is 14.7. The molecule has 0 aliphatic rings. The van der Waals surface area contributed by atoms with Crippen LogP contribution in [0.25, 0.3) is 0 Å². The summed E-state index contributed by atoms with van der Waals surface area (Å²) in [4.78, 5) is 24.7. The SMILES string of the molecule is CCC(=O)C(C)(CCNC(=O)c1ccc(C#Cc2ccccc2)cc1)C(C)(O)C(F)F. The van der Waals surface area contributed by atoms with Crippen molar-refractivity contribution in [3.05, 3.63) is 71.3 Å². The first-order valence-electron chi connectivity index (χ1n) is 10.1. The van der Waals surface area contributed by atoms with Crippen molar-refractivity contribution in [3.63, 3.8) is 0 Å². The smallest absolute Gasteiger partial charge is 0.267 e. The third-order valence-corrected chi connectivity index (χ3v) is 5.66. The molecule has 2 rings (SSSR count). The van der Waals surface area contributed by atoms with E-state index in [4.69, 9.17) is 0 Å². The van der Waals surface area contributed by atoms with Crippen molar-refractivity contribution in [1.82, 2.24) is 5.32 Å². The second-order valence-electron chi connectivity index (χ2n) is 7.76. The molecule has 0 spiro atoms. The molecule has 0 heterocycles. The number of aliphatic hydroxyl groups is 1. The molecule has 0 bridgehead atoms. The van der Waals surface area contributed by atoms with E-state index in [0.717, 1.165) is 18.1 Å². The molecule has 31 heavy (non-hydrogen) atoms. The molecule has 0 saturated heterocycles. The van der Waals surface area contributed by atoms with Crippen LogP contribution < -0.4 is 5.32 Å². The Balaban J connectivity index is 2.02. The molecular formula is C25H27F2NO3. The van der Waals surface area contributed by atoms with Gasteiger partial charge < -0.3 is 10.4 Å². The molecule has 2 unspecified atom stereocenters. The summed E-state index contributed by atoms with van der Waals surface area (Å²) in [5.74, 6) is 5.17. The quantitative estimate of drug-likeness (QED) is 0.621. The van der Waals surface area contributed by atoms with Crippen LogP contribution in [-0.2, 0) is 4.79 Å². The van der Waals surface area contributed by atoms with Crippen molar-refractivity contribution in [2.75, 3.05) is 6.54 Å². The third-order valence-electron chi connectivity index (χ3n) is 5.66. The fraction of sp³-hybridized carbons (Fsp3) is 0.360. The van der Waals surface area contributed by atoms with Crippen LogP contribution in [0.1, 0.15) is 55.1 Å². The summed E-state index contributed by atoms with van der Waals surface area (Å²) in [6.45, 7) is 3.81. The van der Waals surface area contributed by atoms with Gasteiger partial charge in [0.25, 0.3) is 12.3 Å². The lowest BCUT2D eigenvalue weighted by Gasteiger charge is -2.41. The number of halogens is 2. The average Bonchev–Trinajstić information content (AvgIpc) is 2.77. The Kier molecular flexibility index (Phi) is 8.07. The van der Waals surface area contributed by atoms with Crippen molar-refractivity contribution in [1.29, 1.82) is 0 Å². The molecule has 0 aromatic heterocycles. The minimum absolute atomic E-state index is 0.0127. The molecule has 2 atom stereocenters. The van der Waals surface area contributed by atoms with E-state index in [9.17, 15) is 23.5 Å². The number of amides is 1. The highest BCUT2D eigenvalue weighted by molar-refractivity contribution is 5.94. The minimum Gasteiger partial charge on any atom is -0.383 e. The van der Waals surface area contributed by atoms with E-state index >= 15 is 0 Å². The maximum atomic E-state index is 13.4. The third kappa shape index (κ3) is 5.77. The summed E-state index contributed by atoms with van der Waals surface area (Å²) in [6.07, 6.45) is -3.18. The lowest BCUT2D eigenvalue weighted by Crippen LogP contribution is -2.55. The average molecular weight is 427 g/mol. The van der Waals surface area contributed by atoms with Gasteiger partial charge in [0.05, 0.1) is 5.41 Å². The van der Waals surface area contributed by atoms with Gasteiger partial charge in [0.15, 0.2) is 0 Å². The Morgan fingerprint density at radius 1 is 1.00 bits per heavy atom. The predicted molar refractivity (Wildman–Crippen MR) is 116 cm³/mol. The van der Waals surface area contributed by atoms with Crippen LogP contribution in [0.5, 0.6) is 0 Å². The largest absolute Gasteiger partial charge is 0.383 e. The second-order valence-corrected chi connectivity index (χ2v) is 7.76. The first kappa shape index (κ1) is 24.2. The molecule has 0 aliphatic carbocycles. The number of benzene rings is 2. The fourth-order valence-corrected chi connectivity index (χ4v) is 3.20. The number of alkyl halides is 2. The standard InChI is InChI=1S/C25H27F2NO3/c1-4-21(29)24(2,25(3,31)23(26)27)16-17-28-22(30)20-14-12-19(13-15-20)11-10-18-8-6-5-7-9-18/h5-9,12-15,23,31H,4,16-17H2,1-3H3,(H,28,30). The van der Waals surface area contributed by atoms with Crippen LogP contribution >= 0.6 is 0 Å². The number of carbonyl (C=O) groups is 2. The molecule has 0 saturated carbocycles. The van der Waals surface area contributed by atoms with Crippen LogP contribution in [0.2, 0.25) is 0 Å². The molecule has 6 heteroatoms. The van der Waals surface area contributed by atoms with E-state index in [1.807, 2.05) is 30.3 Å². The summed E-state index contributed by atoms with van der Waals surface area (Å²) in [7, 11) is 0. The molecule has 0 aliphatic heterocycles. The van der Waals surface area contributed by atoms with Gasteiger partial charge in [-0.25, -0.2) is 8.78 Å². The fourth-order valence-electron chi connectivity index (χ4n) is 3.20. The Hall–Kier alpha value is -3.04. The van der Waals surface area contributed by atoms with E-state index in [1.165, 1.54) is 6.92 Å². The molecule has 1 amide bonds. The summed E-state index contributed by atoms with van der Waals surface area (Å²) in [5.41, 5.74) is -2.16. The van der Waals surface area contributed by atoms with Gasteiger partial charge in [0, 0.05) is 29.7 Å². The molecule has 4 nitrogen and oxygen atoms in total. The number of Topliss-reactive ketones (excluding diaryl/α,β-unsaturated/α-hetero) is 1. The van der Waals surface area contributed by atoms with Crippen molar-refractivity contribution in [3.8, 4) is 11.8 Å². The Bertz CT molecular complexity index is 960. The number of nitrogens with one attached hydrogen (secondary N) is 1. The van der Waals surface area contributed by atoms with Gasteiger partial charge in [0.2, 0.25) is 0 Å². The molecule has 2 aromatic rings. The maximum absolute atomic E-state index is 13.4. The van der Waals surface area contributed by atoms with E-state index in [1.54, 1.807) is 31.2 Å². The number of ketones is 1. The van der Waals surface area contributed by atoms with E-state index in [0.29, 0.717) is 5.56 Å². The zero-order chi connectivity index (χ0) is 23.1. The summed E-state index contributed by atoms with van der Waals surface area (Å²) >= 11 is 0. The molecule has 2 aromatic carbocycles. The Labute approximate surface area is 181 Å². The van der Waals surface area contributed by atoms with Gasteiger partial charge in [0.1, 0.15) is 11.4 Å². The lowest BCUT2D eigenvalue weighted by molar-refractivity contribution is -0.174. The predicted octanol–water partition coefficient (Wildman–Crippen LogP) is 4.21. The van der Waals surface area contributed by atoms with Crippen LogP contribution in [0.3, 0.4) is 0 Å². The van der Waals surface area contributed by atoms with Crippen molar-refractivity contribution >= 4 is 11.7 Å². The second kappa shape index (κ2) is 10.3. The zero-order valence-electron chi connectivity index (χ0n) is 17.9. The Morgan fingerprint density at radius 2 is 1.55 bits per heavy atom. The summed E-state index contributed by atoms with van der Waals surface area (Å²) < 4.78 is 26.7. The van der Waals surface area contributed by atoms with Gasteiger partial charge in [-0.3, -0.25) is 9.59 Å². The van der Waals surface area contributed by atoms with E-state index < -0.39 is 29.1 Å². The van der Waals surface area contributed by atoms with Gasteiger partial charge >= 0.3 is 0 Å². The van der Waals surface area contributed by atoms with Crippen LogP contribution in [-0.4, -0.2) is 35.4 Å². The first-order valence-corrected chi connectivity index (χ1v) is 10.1. The first-order chi connectivity index (χ1) is 14.6. The highest BCUT2D eigenvalue weighted by Crippen LogP contribution is 2.40. The van der Waals surface area contributed by atoms with Gasteiger partial charge in [-0.2, -0.15) is 0 Å². The molecule has 164 valence electrons. The van der Waals surface area contributed by atoms with Crippen LogP contribution in [0.4, 0.5) is 8.78 Å². The highest BCUT2D eigenvalue weighted by atomic mass is 19.3. The number of rotatable bonds is 8. The number of hydrogen-bond acceptors (Lipinski definition) is 3. The van der Waals surface area contributed by atoms with Crippen LogP contribution in [0.15, 0.2) is 54.6 Å². The van der Waals surface area contributed by atoms with E-state index in [2.05, 4.69) is 17.2 Å². The van der Waals surface area contributed by atoms with Gasteiger partial charge in [-0.05, 0) is 56.7 Å². The van der Waals surface area contributed by atoms with Gasteiger partial charge in [-0.1, -0.05) is 37.0 Å². The molecule has 2 N–H and O–H groups in total. The van der Waals surface area contributed by atoms with Crippen molar-refractivity contribution < 1.29 is 23.5 Å². The number of carbonyl (C=O) groups excluding carboxylic acids is 2. The minimum atomic E-state index is -3.09. The Morgan fingerprint density at radius 3 is 2.06 bits per heavy atom. The monoisotopic (exact) mass is 427 g/mol. The molecule has 0 fully saturated rings. The van der Waals surface area contributed by atoms with E-state index in [-0.39, 0.29) is 19.4 Å². The van der Waals surface area contributed by atoms with Crippen molar-refractivity contribution in [2.24, 2.45) is 5.41 Å². The zero-order valence-corrected chi connectivity index (χ0v) is 17.9. The molecular weight excluding hydrogens is 400 g/mol. The maximum Gasteiger partial charge on any atom is 0.267 e. The summed E-state index contributed by atoms with van der Waals surface area (Å²) in [5, 5.41) is 12.9. The number of hydrogen-bond donors (Lipinski definition) is 2. The van der Waals surface area contributed by atoms with Crippen LogP contribution in [0, 0.1) is 17.3 Å². The lowest BCUT2D eigenvalue weighted by atomic mass is 9.68. The molecule has 0 radical (unpaired) electrons. The topological polar surface area (TPSA) is 66.4 Å². The van der Waals surface area contributed by atoms with Gasteiger partial charge in [-0.15, -0.1) is 0 Å². The van der Waals surface area contributed by atoms with Crippen molar-refractivity contribution in [2.45, 2.75) is 45.6 Å². The highest BCUT2D eigenvalue weighted by Gasteiger charge is 2.53. The summed E-state index contributed by atoms with van der Waals surface area (Å²) in [6, 6.07) is 16.2.